The summed E-state index contributed by atoms with van der Waals surface area (Å²) in [4.78, 5) is 11.4. The minimum Gasteiger partial charge on any atom is -0.394 e. The molecule has 1 amide bonds. The zero-order valence-electron chi connectivity index (χ0n) is 14.9. The molecule has 2 aliphatic rings. The lowest BCUT2D eigenvalue weighted by Crippen LogP contribution is -2.65. The van der Waals surface area contributed by atoms with E-state index >= 15 is 0 Å². The molecule has 12 heteroatoms. The molecule has 158 valence electrons. The second kappa shape index (κ2) is 9.52. The summed E-state index contributed by atoms with van der Waals surface area (Å²) in [6, 6.07) is -1.16. The van der Waals surface area contributed by atoms with Crippen LogP contribution in [-0.4, -0.2) is 118 Å². The van der Waals surface area contributed by atoms with Gasteiger partial charge in [0.15, 0.2) is 12.6 Å². The van der Waals surface area contributed by atoms with Crippen molar-refractivity contribution in [1.82, 2.24) is 5.32 Å². The molecule has 0 unspecified atom stereocenters. The van der Waals surface area contributed by atoms with Gasteiger partial charge in [0.05, 0.1) is 13.2 Å². The predicted octanol–water partition coefficient (Wildman–Crippen LogP) is -4.60. The first-order valence-electron chi connectivity index (χ1n) is 8.44. The lowest BCUT2D eigenvalue weighted by atomic mass is 9.96. The fraction of sp³-hybridized carbons (Fsp3) is 0.933. The molecular weight excluding hydrogens is 370 g/mol. The number of carbonyl (C=O) groups excluding carboxylic acids is 1. The monoisotopic (exact) mass is 397 g/mol. The van der Waals surface area contributed by atoms with E-state index in [9.17, 15) is 35.4 Å². The molecule has 2 saturated heterocycles. The SMILES string of the molecule is CO[C@H]1O[C@H](CO[C@@H]2O[C@H](CO)[C@@H](O)[C@H](O)[C@H]2NC(C)=O)[C@H](O)[C@H](O)[C@H]1O. The quantitative estimate of drug-likeness (QED) is 0.228. The number of hydrogen-bond donors (Lipinski definition) is 7. The first kappa shape index (κ1) is 22.4. The Balaban J connectivity index is 2.07. The fourth-order valence-electron chi connectivity index (χ4n) is 3.05. The van der Waals surface area contributed by atoms with Crippen LogP contribution < -0.4 is 5.32 Å². The molecule has 0 aromatic rings. The summed E-state index contributed by atoms with van der Waals surface area (Å²) < 4.78 is 21.1. The maximum absolute atomic E-state index is 11.4. The Morgan fingerprint density at radius 1 is 0.926 bits per heavy atom. The van der Waals surface area contributed by atoms with Crippen molar-refractivity contribution >= 4 is 5.91 Å². The van der Waals surface area contributed by atoms with Crippen LogP contribution >= 0.6 is 0 Å². The summed E-state index contributed by atoms with van der Waals surface area (Å²) in [6.45, 7) is 0.222. The van der Waals surface area contributed by atoms with E-state index in [-0.39, 0.29) is 6.61 Å². The second-order valence-electron chi connectivity index (χ2n) is 6.52. The Morgan fingerprint density at radius 3 is 2.07 bits per heavy atom. The van der Waals surface area contributed by atoms with Crippen LogP contribution in [0.15, 0.2) is 0 Å². The molecule has 0 spiro atoms. The Hall–Kier alpha value is -0.930. The molecule has 0 saturated carbocycles. The number of amides is 1. The Bertz CT molecular complexity index is 492. The summed E-state index contributed by atoms with van der Waals surface area (Å²) in [5.41, 5.74) is 0. The second-order valence-corrected chi connectivity index (χ2v) is 6.52. The number of ether oxygens (including phenoxy) is 4. The molecule has 0 bridgehead atoms. The highest BCUT2D eigenvalue weighted by Crippen LogP contribution is 2.25. The minimum atomic E-state index is -1.55. The van der Waals surface area contributed by atoms with Crippen LogP contribution in [0, 0.1) is 0 Å². The van der Waals surface area contributed by atoms with Crippen LogP contribution in [0.4, 0.5) is 0 Å². The maximum Gasteiger partial charge on any atom is 0.217 e. The molecule has 0 aliphatic carbocycles. The van der Waals surface area contributed by atoms with E-state index in [1.165, 1.54) is 14.0 Å². The van der Waals surface area contributed by atoms with E-state index in [2.05, 4.69) is 5.32 Å². The summed E-state index contributed by atoms with van der Waals surface area (Å²) in [6.07, 6.45) is -12.2. The normalized spacial score (nSPS) is 45.5. The first-order chi connectivity index (χ1) is 12.7. The van der Waals surface area contributed by atoms with Crippen LogP contribution in [0.25, 0.3) is 0 Å². The van der Waals surface area contributed by atoms with Gasteiger partial charge in [0.25, 0.3) is 0 Å². The van der Waals surface area contributed by atoms with Gasteiger partial charge in [0.1, 0.15) is 48.8 Å². The van der Waals surface area contributed by atoms with Gasteiger partial charge >= 0.3 is 0 Å². The largest absolute Gasteiger partial charge is 0.394 e. The minimum absolute atomic E-state index is 0.369. The van der Waals surface area contributed by atoms with Crippen molar-refractivity contribution in [2.24, 2.45) is 0 Å². The van der Waals surface area contributed by atoms with Crippen LogP contribution in [0.5, 0.6) is 0 Å². The smallest absolute Gasteiger partial charge is 0.217 e. The molecule has 12 nitrogen and oxygen atoms in total. The summed E-state index contributed by atoms with van der Waals surface area (Å²) >= 11 is 0. The zero-order valence-corrected chi connectivity index (χ0v) is 14.9. The van der Waals surface area contributed by atoms with Crippen molar-refractivity contribution in [3.63, 3.8) is 0 Å². The van der Waals surface area contributed by atoms with Gasteiger partial charge in [0.2, 0.25) is 5.91 Å². The van der Waals surface area contributed by atoms with E-state index in [0.717, 1.165) is 0 Å². The number of methoxy groups -OCH3 is 1. The maximum atomic E-state index is 11.4. The van der Waals surface area contributed by atoms with Gasteiger partial charge < -0.3 is 54.9 Å². The lowest BCUT2D eigenvalue weighted by Gasteiger charge is -2.44. The zero-order chi connectivity index (χ0) is 20.3. The number of nitrogens with one attached hydrogen (secondary N) is 1. The number of carbonyl (C=O) groups is 1. The fourth-order valence-corrected chi connectivity index (χ4v) is 3.05. The summed E-state index contributed by atoms with van der Waals surface area (Å²) in [5, 5.41) is 61.5. The van der Waals surface area contributed by atoms with Crippen molar-refractivity contribution in [3.8, 4) is 0 Å². The molecule has 2 aliphatic heterocycles. The third-order valence-electron chi connectivity index (χ3n) is 4.58. The van der Waals surface area contributed by atoms with Gasteiger partial charge in [-0.05, 0) is 0 Å². The molecule has 0 radical (unpaired) electrons. The Kier molecular flexibility index (Phi) is 7.88. The Morgan fingerprint density at radius 2 is 1.52 bits per heavy atom. The summed E-state index contributed by atoms with van der Waals surface area (Å²) in [5.74, 6) is -0.516. The molecule has 0 aromatic carbocycles. The van der Waals surface area contributed by atoms with Crippen molar-refractivity contribution < 1.29 is 54.4 Å². The van der Waals surface area contributed by atoms with Gasteiger partial charge in [0, 0.05) is 14.0 Å². The third-order valence-corrected chi connectivity index (χ3v) is 4.58. The van der Waals surface area contributed by atoms with Crippen LogP contribution in [-0.2, 0) is 23.7 Å². The van der Waals surface area contributed by atoms with E-state index in [4.69, 9.17) is 18.9 Å². The number of aliphatic hydroxyl groups excluding tert-OH is 6. The molecular formula is C15H27NO11. The number of hydrogen-bond acceptors (Lipinski definition) is 11. The Labute approximate surface area is 155 Å². The van der Waals surface area contributed by atoms with Crippen molar-refractivity contribution in [2.45, 2.75) is 68.3 Å². The van der Waals surface area contributed by atoms with Crippen LogP contribution in [0.3, 0.4) is 0 Å². The lowest BCUT2D eigenvalue weighted by molar-refractivity contribution is -0.316. The highest BCUT2D eigenvalue weighted by Gasteiger charge is 2.47. The highest BCUT2D eigenvalue weighted by molar-refractivity contribution is 5.73. The first-order valence-corrected chi connectivity index (χ1v) is 8.44. The third kappa shape index (κ3) is 4.92. The van der Waals surface area contributed by atoms with Gasteiger partial charge in [-0.15, -0.1) is 0 Å². The average molecular weight is 397 g/mol. The summed E-state index contributed by atoms with van der Waals surface area (Å²) in [7, 11) is 1.25. The van der Waals surface area contributed by atoms with E-state index < -0.39 is 73.9 Å². The van der Waals surface area contributed by atoms with Crippen molar-refractivity contribution in [3.05, 3.63) is 0 Å². The van der Waals surface area contributed by atoms with Gasteiger partial charge in [-0.3, -0.25) is 4.79 Å². The number of aliphatic hydroxyl groups is 6. The molecule has 0 aromatic heterocycles. The van der Waals surface area contributed by atoms with Crippen molar-refractivity contribution in [1.29, 1.82) is 0 Å². The number of rotatable bonds is 6. The standard InChI is InChI=1S/C15H27NO11/c1-5(18)16-8-11(21)9(19)6(3-17)26-14(8)25-4-7-10(20)12(22)13(23)15(24-2)27-7/h6-15,17,19-23H,3-4H2,1-2H3,(H,16,18)/t6-,7-,8-,9-,10+,11-,12+,13-,14-,15+/m1/s1. The van der Waals surface area contributed by atoms with Gasteiger partial charge in [-0.1, -0.05) is 0 Å². The van der Waals surface area contributed by atoms with E-state index in [1.807, 2.05) is 0 Å². The molecule has 2 fully saturated rings. The van der Waals surface area contributed by atoms with Gasteiger partial charge in [-0.25, -0.2) is 0 Å². The van der Waals surface area contributed by atoms with Crippen molar-refractivity contribution in [2.75, 3.05) is 20.3 Å². The molecule has 27 heavy (non-hydrogen) atoms. The van der Waals surface area contributed by atoms with E-state index in [0.29, 0.717) is 0 Å². The van der Waals surface area contributed by atoms with Crippen LogP contribution in [0.1, 0.15) is 6.92 Å². The molecule has 2 heterocycles. The molecule has 7 N–H and O–H groups in total. The topological polar surface area (TPSA) is 187 Å². The van der Waals surface area contributed by atoms with E-state index in [1.54, 1.807) is 0 Å². The van der Waals surface area contributed by atoms with Crippen LogP contribution in [0.2, 0.25) is 0 Å². The van der Waals surface area contributed by atoms with Gasteiger partial charge in [-0.2, -0.15) is 0 Å². The predicted molar refractivity (Wildman–Crippen MR) is 85.0 cm³/mol. The average Bonchev–Trinajstić information content (AvgIpc) is 2.64. The molecule has 2 rings (SSSR count). The molecule has 10 atom stereocenters. The highest BCUT2D eigenvalue weighted by atomic mass is 16.7.